The monoisotopic (exact) mass is 278 g/mol. The van der Waals surface area contributed by atoms with Gasteiger partial charge >= 0.3 is 0 Å². The molecule has 0 radical (unpaired) electrons. The number of hydrogen-bond donors (Lipinski definition) is 1. The zero-order valence-corrected chi connectivity index (χ0v) is 13.1. The van der Waals surface area contributed by atoms with Crippen molar-refractivity contribution in [2.24, 2.45) is 0 Å². The van der Waals surface area contributed by atoms with Crippen LogP contribution in [0.15, 0.2) is 48.0 Å². The molecule has 1 N–H and O–H groups in total. The van der Waals surface area contributed by atoms with Crippen LogP contribution in [-0.2, 0) is 5.41 Å². The third kappa shape index (κ3) is 2.27. The number of fused-ring (bicyclic) bond motifs is 1. The molecule has 0 bridgehead atoms. The summed E-state index contributed by atoms with van der Waals surface area (Å²) in [5.41, 5.74) is 5.81. The second-order valence-electron chi connectivity index (χ2n) is 6.94. The van der Waals surface area contributed by atoms with E-state index in [2.05, 4.69) is 70.2 Å². The van der Waals surface area contributed by atoms with Gasteiger partial charge in [-0.3, -0.25) is 0 Å². The molecule has 108 valence electrons. The van der Waals surface area contributed by atoms with E-state index in [0.29, 0.717) is 5.75 Å². The van der Waals surface area contributed by atoms with Gasteiger partial charge in [-0.2, -0.15) is 0 Å². The number of phenolic OH excluding ortho intramolecular Hbond substituents is 1. The van der Waals surface area contributed by atoms with Crippen LogP contribution in [0.1, 0.15) is 55.9 Å². The third-order valence-corrected chi connectivity index (χ3v) is 4.33. The van der Waals surface area contributed by atoms with Crippen molar-refractivity contribution >= 4 is 6.08 Å². The predicted octanol–water partition coefficient (Wildman–Crippen LogP) is 5.24. The molecule has 1 unspecified atom stereocenters. The number of allylic oxidation sites excluding steroid dienone is 1. The molecular weight excluding hydrogens is 256 g/mol. The molecule has 1 heteroatoms. The van der Waals surface area contributed by atoms with Crippen molar-refractivity contribution in [3.63, 3.8) is 0 Å². The Morgan fingerprint density at radius 3 is 2.29 bits per heavy atom. The van der Waals surface area contributed by atoms with Crippen LogP contribution in [0.4, 0.5) is 0 Å². The van der Waals surface area contributed by atoms with E-state index >= 15 is 0 Å². The van der Waals surface area contributed by atoms with Crippen LogP contribution in [0.25, 0.3) is 6.08 Å². The SMILES string of the molecule is CC1=Cc2ccccc2C1c1cccc(C(C)(C)C)c1O. The van der Waals surface area contributed by atoms with Crippen LogP contribution < -0.4 is 0 Å². The van der Waals surface area contributed by atoms with Gasteiger partial charge in [0.1, 0.15) is 5.75 Å². The molecule has 3 rings (SSSR count). The highest BCUT2D eigenvalue weighted by Gasteiger charge is 2.28. The second kappa shape index (κ2) is 4.77. The minimum absolute atomic E-state index is 0.0597. The third-order valence-electron chi connectivity index (χ3n) is 4.33. The molecule has 0 spiro atoms. The fourth-order valence-electron chi connectivity index (χ4n) is 3.29. The Balaban J connectivity index is 2.17. The van der Waals surface area contributed by atoms with Crippen LogP contribution in [0.3, 0.4) is 0 Å². The molecule has 0 heterocycles. The number of para-hydroxylation sites is 1. The lowest BCUT2D eigenvalue weighted by Gasteiger charge is -2.24. The number of rotatable bonds is 1. The first-order chi connectivity index (χ1) is 9.89. The minimum atomic E-state index is -0.0597. The first kappa shape index (κ1) is 13.9. The van der Waals surface area contributed by atoms with Gasteiger partial charge in [0, 0.05) is 11.5 Å². The van der Waals surface area contributed by atoms with E-state index in [1.165, 1.54) is 16.7 Å². The zero-order valence-electron chi connectivity index (χ0n) is 13.1. The van der Waals surface area contributed by atoms with Crippen LogP contribution in [0.2, 0.25) is 0 Å². The number of benzene rings is 2. The summed E-state index contributed by atoms with van der Waals surface area (Å²) in [5.74, 6) is 0.614. The lowest BCUT2D eigenvalue weighted by molar-refractivity contribution is 0.439. The summed E-state index contributed by atoms with van der Waals surface area (Å²) < 4.78 is 0. The molecule has 0 aliphatic heterocycles. The molecule has 0 saturated carbocycles. The number of aromatic hydroxyl groups is 1. The van der Waals surface area contributed by atoms with E-state index in [-0.39, 0.29) is 11.3 Å². The number of hydrogen-bond acceptors (Lipinski definition) is 1. The molecular formula is C20H22O. The Labute approximate surface area is 127 Å². The van der Waals surface area contributed by atoms with E-state index in [1.54, 1.807) is 0 Å². The van der Waals surface area contributed by atoms with E-state index in [0.717, 1.165) is 11.1 Å². The summed E-state index contributed by atoms with van der Waals surface area (Å²) in [5, 5.41) is 10.8. The van der Waals surface area contributed by atoms with Crippen LogP contribution in [0.5, 0.6) is 5.75 Å². The maximum absolute atomic E-state index is 10.8. The molecule has 2 aromatic rings. The van der Waals surface area contributed by atoms with E-state index in [1.807, 2.05) is 6.07 Å². The summed E-state index contributed by atoms with van der Waals surface area (Å²) in [6.45, 7) is 8.55. The van der Waals surface area contributed by atoms with Crippen molar-refractivity contribution in [2.75, 3.05) is 0 Å². The van der Waals surface area contributed by atoms with E-state index < -0.39 is 0 Å². The standard InChI is InChI=1S/C20H22O/c1-13-12-14-8-5-6-9-15(14)18(13)16-10-7-11-17(19(16)21)20(2,3)4/h5-12,18,21H,1-4H3. The predicted molar refractivity (Wildman–Crippen MR) is 88.7 cm³/mol. The molecule has 1 atom stereocenters. The van der Waals surface area contributed by atoms with Crippen molar-refractivity contribution in [3.05, 3.63) is 70.3 Å². The van der Waals surface area contributed by atoms with Gasteiger partial charge in [0.15, 0.2) is 0 Å². The van der Waals surface area contributed by atoms with Crippen molar-refractivity contribution in [1.82, 2.24) is 0 Å². The Hall–Kier alpha value is -2.02. The normalized spacial score (nSPS) is 17.5. The summed E-state index contributed by atoms with van der Waals surface area (Å²) in [6.07, 6.45) is 2.23. The van der Waals surface area contributed by atoms with Crippen molar-refractivity contribution in [1.29, 1.82) is 0 Å². The van der Waals surface area contributed by atoms with Gasteiger partial charge in [0.25, 0.3) is 0 Å². The van der Waals surface area contributed by atoms with Crippen molar-refractivity contribution in [3.8, 4) is 5.75 Å². The van der Waals surface area contributed by atoms with Crippen molar-refractivity contribution < 1.29 is 5.11 Å². The summed E-state index contributed by atoms with van der Waals surface area (Å²) in [6, 6.07) is 14.6. The molecule has 1 aliphatic carbocycles. The summed E-state index contributed by atoms with van der Waals surface area (Å²) >= 11 is 0. The quantitative estimate of drug-likeness (QED) is 0.756. The average molecular weight is 278 g/mol. The molecule has 0 amide bonds. The number of phenols is 1. The lowest BCUT2D eigenvalue weighted by Crippen LogP contribution is -2.13. The Kier molecular flexibility index (Phi) is 3.16. The molecule has 2 aromatic carbocycles. The Bertz CT molecular complexity index is 717. The Morgan fingerprint density at radius 2 is 1.57 bits per heavy atom. The summed E-state index contributed by atoms with van der Waals surface area (Å²) in [4.78, 5) is 0. The van der Waals surface area contributed by atoms with Gasteiger partial charge in [0.05, 0.1) is 0 Å². The van der Waals surface area contributed by atoms with E-state index in [9.17, 15) is 5.11 Å². The highest BCUT2D eigenvalue weighted by Crippen LogP contribution is 2.45. The average Bonchev–Trinajstić information content (AvgIpc) is 2.74. The van der Waals surface area contributed by atoms with Gasteiger partial charge < -0.3 is 5.11 Å². The lowest BCUT2D eigenvalue weighted by atomic mass is 9.81. The molecule has 0 saturated heterocycles. The fraction of sp³-hybridized carbons (Fsp3) is 0.300. The minimum Gasteiger partial charge on any atom is -0.507 e. The van der Waals surface area contributed by atoms with Gasteiger partial charge in [-0.1, -0.05) is 74.9 Å². The summed E-state index contributed by atoms with van der Waals surface area (Å²) in [7, 11) is 0. The maximum Gasteiger partial charge on any atom is 0.123 e. The first-order valence-corrected chi connectivity index (χ1v) is 7.49. The molecule has 0 aromatic heterocycles. The molecule has 21 heavy (non-hydrogen) atoms. The van der Waals surface area contributed by atoms with Gasteiger partial charge in [0.2, 0.25) is 0 Å². The highest BCUT2D eigenvalue weighted by molar-refractivity contribution is 5.70. The zero-order chi connectivity index (χ0) is 15.2. The van der Waals surface area contributed by atoms with Crippen molar-refractivity contribution in [2.45, 2.75) is 39.0 Å². The second-order valence-corrected chi connectivity index (χ2v) is 6.94. The molecule has 1 aliphatic rings. The maximum atomic E-state index is 10.8. The van der Waals surface area contributed by atoms with Crippen LogP contribution in [-0.4, -0.2) is 5.11 Å². The van der Waals surface area contributed by atoms with Gasteiger partial charge in [-0.25, -0.2) is 0 Å². The Morgan fingerprint density at radius 1 is 0.905 bits per heavy atom. The van der Waals surface area contributed by atoms with E-state index in [4.69, 9.17) is 0 Å². The smallest absolute Gasteiger partial charge is 0.123 e. The van der Waals surface area contributed by atoms with Gasteiger partial charge in [-0.05, 0) is 29.0 Å². The highest BCUT2D eigenvalue weighted by atomic mass is 16.3. The fourth-order valence-corrected chi connectivity index (χ4v) is 3.29. The molecule has 0 fully saturated rings. The van der Waals surface area contributed by atoms with Crippen LogP contribution in [0, 0.1) is 0 Å². The van der Waals surface area contributed by atoms with Gasteiger partial charge in [-0.15, -0.1) is 0 Å². The van der Waals surface area contributed by atoms with Crippen LogP contribution >= 0.6 is 0 Å². The first-order valence-electron chi connectivity index (χ1n) is 7.49. The topological polar surface area (TPSA) is 20.2 Å². The largest absolute Gasteiger partial charge is 0.507 e. The molecule has 1 nitrogen and oxygen atoms in total.